The summed E-state index contributed by atoms with van der Waals surface area (Å²) in [5, 5.41) is 8.04. The van der Waals surface area contributed by atoms with Gasteiger partial charge in [0.15, 0.2) is 5.69 Å². The maximum absolute atomic E-state index is 13.2. The molecule has 6 nitrogen and oxygen atoms in total. The summed E-state index contributed by atoms with van der Waals surface area (Å²) in [4.78, 5) is 14.6. The molecule has 9 heteroatoms. The molecule has 1 aromatic carbocycles. The fourth-order valence-corrected chi connectivity index (χ4v) is 2.95. The third-order valence-electron chi connectivity index (χ3n) is 4.20. The zero-order valence-electron chi connectivity index (χ0n) is 13.6. The Morgan fingerprint density at radius 3 is 2.76 bits per heavy atom. The van der Waals surface area contributed by atoms with E-state index in [4.69, 9.17) is 5.73 Å². The lowest BCUT2D eigenvalue weighted by Crippen LogP contribution is -2.56. The predicted molar refractivity (Wildman–Crippen MR) is 84.2 cm³/mol. The number of hydrogen-bond donors (Lipinski definition) is 1. The van der Waals surface area contributed by atoms with Crippen LogP contribution in [0.1, 0.15) is 28.9 Å². The van der Waals surface area contributed by atoms with Gasteiger partial charge in [0.1, 0.15) is 6.04 Å². The van der Waals surface area contributed by atoms with Crippen LogP contribution in [-0.4, -0.2) is 50.6 Å². The van der Waals surface area contributed by atoms with Crippen LogP contribution in [0.15, 0.2) is 30.5 Å². The van der Waals surface area contributed by atoms with Gasteiger partial charge >= 0.3 is 6.18 Å². The van der Waals surface area contributed by atoms with Gasteiger partial charge in [-0.2, -0.15) is 23.1 Å². The predicted octanol–water partition coefficient (Wildman–Crippen LogP) is 2.07. The van der Waals surface area contributed by atoms with Crippen LogP contribution < -0.4 is 5.73 Å². The number of piperidine rings is 1. The van der Waals surface area contributed by atoms with Crippen LogP contribution in [0.2, 0.25) is 0 Å². The van der Waals surface area contributed by atoms with Crippen LogP contribution in [-0.2, 0) is 0 Å². The van der Waals surface area contributed by atoms with Gasteiger partial charge in [0.25, 0.3) is 5.91 Å². The van der Waals surface area contributed by atoms with E-state index in [0.29, 0.717) is 5.69 Å². The van der Waals surface area contributed by atoms with Crippen LogP contribution in [0.3, 0.4) is 0 Å². The van der Waals surface area contributed by atoms with Crippen molar-refractivity contribution in [3.05, 3.63) is 41.7 Å². The third-order valence-corrected chi connectivity index (χ3v) is 4.20. The largest absolute Gasteiger partial charge is 0.408 e. The molecule has 2 N–H and O–H groups in total. The summed E-state index contributed by atoms with van der Waals surface area (Å²) in [6, 6.07) is 4.93. The van der Waals surface area contributed by atoms with Gasteiger partial charge in [-0.3, -0.25) is 4.79 Å². The van der Waals surface area contributed by atoms with E-state index in [2.05, 4.69) is 10.2 Å². The molecule has 2 heterocycles. The average molecular weight is 353 g/mol. The van der Waals surface area contributed by atoms with Gasteiger partial charge in [-0.05, 0) is 37.5 Å². The number of carbonyl (C=O) groups excluding carboxylic acids is 1. The standard InChI is InChI=1S/C16H18F3N5O/c1-10-3-2-4-12(7-10)24-21-8-13(22-24)15(25)23-9-11(20)5-6-14(23)16(17,18)19/h2-4,7-8,11,14H,5-6,9,20H2,1H3. The summed E-state index contributed by atoms with van der Waals surface area (Å²) in [5.41, 5.74) is 7.22. The number of rotatable bonds is 2. The highest BCUT2D eigenvalue weighted by molar-refractivity contribution is 5.92. The molecule has 0 radical (unpaired) electrons. The smallest absolute Gasteiger partial charge is 0.326 e. The van der Waals surface area contributed by atoms with E-state index < -0.39 is 24.2 Å². The van der Waals surface area contributed by atoms with E-state index in [-0.39, 0.29) is 25.1 Å². The molecule has 0 bridgehead atoms. The monoisotopic (exact) mass is 353 g/mol. The molecule has 1 saturated heterocycles. The van der Waals surface area contributed by atoms with Crippen molar-refractivity contribution in [2.75, 3.05) is 6.54 Å². The van der Waals surface area contributed by atoms with Gasteiger partial charge in [0.05, 0.1) is 11.9 Å². The topological polar surface area (TPSA) is 77.0 Å². The van der Waals surface area contributed by atoms with Crippen LogP contribution in [0.4, 0.5) is 13.2 Å². The van der Waals surface area contributed by atoms with Gasteiger partial charge < -0.3 is 10.6 Å². The fourth-order valence-electron chi connectivity index (χ4n) is 2.95. The van der Waals surface area contributed by atoms with Crippen molar-refractivity contribution >= 4 is 5.91 Å². The van der Waals surface area contributed by atoms with Gasteiger partial charge in [-0.1, -0.05) is 12.1 Å². The summed E-state index contributed by atoms with van der Waals surface area (Å²) < 4.78 is 39.7. The third kappa shape index (κ3) is 3.65. The molecule has 2 unspecified atom stereocenters. The number of likely N-dealkylation sites (tertiary alicyclic amines) is 1. The summed E-state index contributed by atoms with van der Waals surface area (Å²) in [7, 11) is 0. The summed E-state index contributed by atoms with van der Waals surface area (Å²) in [5.74, 6) is -0.809. The molecular weight excluding hydrogens is 335 g/mol. The van der Waals surface area contributed by atoms with Crippen LogP contribution in [0.25, 0.3) is 5.69 Å². The molecule has 25 heavy (non-hydrogen) atoms. The normalized spacial score (nSPS) is 21.4. The molecule has 134 valence electrons. The van der Waals surface area contributed by atoms with Crippen molar-refractivity contribution in [3.8, 4) is 5.69 Å². The maximum Gasteiger partial charge on any atom is 0.408 e. The molecule has 2 atom stereocenters. The molecule has 2 aromatic rings. The first kappa shape index (κ1) is 17.4. The SMILES string of the molecule is Cc1cccc(-n2ncc(C(=O)N3CC(N)CCC3C(F)(F)F)n2)c1. The Balaban J connectivity index is 1.87. The van der Waals surface area contributed by atoms with E-state index >= 15 is 0 Å². The highest BCUT2D eigenvalue weighted by Crippen LogP contribution is 2.32. The first-order valence-electron chi connectivity index (χ1n) is 7.88. The van der Waals surface area contributed by atoms with Crippen molar-refractivity contribution in [2.24, 2.45) is 5.73 Å². The molecule has 3 rings (SSSR count). The van der Waals surface area contributed by atoms with E-state index in [1.807, 2.05) is 19.1 Å². The van der Waals surface area contributed by atoms with Crippen LogP contribution in [0.5, 0.6) is 0 Å². The van der Waals surface area contributed by atoms with Gasteiger partial charge in [-0.25, -0.2) is 0 Å². The average Bonchev–Trinajstić information content (AvgIpc) is 3.03. The number of hydrogen-bond acceptors (Lipinski definition) is 4. The molecule has 1 aliphatic heterocycles. The first-order valence-corrected chi connectivity index (χ1v) is 7.88. The summed E-state index contributed by atoms with van der Waals surface area (Å²) in [6.07, 6.45) is -3.30. The summed E-state index contributed by atoms with van der Waals surface area (Å²) >= 11 is 0. The molecule has 1 amide bonds. The highest BCUT2D eigenvalue weighted by atomic mass is 19.4. The minimum Gasteiger partial charge on any atom is -0.326 e. The van der Waals surface area contributed by atoms with Crippen molar-refractivity contribution in [3.63, 3.8) is 0 Å². The minimum atomic E-state index is -4.50. The number of alkyl halides is 3. The number of benzene rings is 1. The Morgan fingerprint density at radius 1 is 1.32 bits per heavy atom. The van der Waals surface area contributed by atoms with Crippen molar-refractivity contribution < 1.29 is 18.0 Å². The number of carbonyl (C=O) groups is 1. The molecule has 0 spiro atoms. The lowest BCUT2D eigenvalue weighted by molar-refractivity contribution is -0.184. The van der Waals surface area contributed by atoms with E-state index in [0.717, 1.165) is 10.5 Å². The van der Waals surface area contributed by atoms with Gasteiger partial charge in [-0.15, -0.1) is 5.10 Å². The second kappa shape index (κ2) is 6.47. The second-order valence-corrected chi connectivity index (χ2v) is 6.21. The zero-order chi connectivity index (χ0) is 18.2. The van der Waals surface area contributed by atoms with Gasteiger partial charge in [0, 0.05) is 12.6 Å². The van der Waals surface area contributed by atoms with E-state index in [1.165, 1.54) is 11.0 Å². The lowest BCUT2D eigenvalue weighted by Gasteiger charge is -2.38. The summed E-state index contributed by atoms with van der Waals surface area (Å²) in [6.45, 7) is 1.74. The van der Waals surface area contributed by atoms with Crippen LogP contribution >= 0.6 is 0 Å². The molecule has 1 aromatic heterocycles. The first-order chi connectivity index (χ1) is 11.8. The molecular formula is C16H18F3N5O. The Hall–Kier alpha value is -2.42. The zero-order valence-corrected chi connectivity index (χ0v) is 13.6. The maximum atomic E-state index is 13.2. The lowest BCUT2D eigenvalue weighted by atomic mass is 9.98. The van der Waals surface area contributed by atoms with Crippen molar-refractivity contribution in [1.82, 2.24) is 19.9 Å². The van der Waals surface area contributed by atoms with E-state index in [9.17, 15) is 18.0 Å². The molecule has 1 fully saturated rings. The van der Waals surface area contributed by atoms with Gasteiger partial charge in [0.2, 0.25) is 0 Å². The number of nitrogens with zero attached hydrogens (tertiary/aromatic N) is 4. The quantitative estimate of drug-likeness (QED) is 0.897. The van der Waals surface area contributed by atoms with Crippen molar-refractivity contribution in [2.45, 2.75) is 38.0 Å². The molecule has 0 aliphatic carbocycles. The van der Waals surface area contributed by atoms with E-state index in [1.54, 1.807) is 12.1 Å². The van der Waals surface area contributed by atoms with Crippen molar-refractivity contribution in [1.29, 1.82) is 0 Å². The second-order valence-electron chi connectivity index (χ2n) is 6.21. The minimum absolute atomic E-state index is 0.134. The number of nitrogens with two attached hydrogens (primary N) is 1. The number of aromatic nitrogens is 3. The highest BCUT2D eigenvalue weighted by Gasteiger charge is 2.48. The Kier molecular flexibility index (Phi) is 4.51. The Bertz CT molecular complexity index is 773. The Labute approximate surface area is 142 Å². The van der Waals surface area contributed by atoms with Crippen LogP contribution in [0, 0.1) is 6.92 Å². The number of amides is 1. The fraction of sp³-hybridized carbons (Fsp3) is 0.438. The number of halogens is 3. The molecule has 1 aliphatic rings. The Morgan fingerprint density at radius 2 is 2.08 bits per heavy atom. The molecule has 0 saturated carbocycles. The number of aryl methyl sites for hydroxylation is 1.